The Morgan fingerprint density at radius 1 is 1.06 bits per heavy atom. The van der Waals surface area contributed by atoms with Gasteiger partial charge in [-0.3, -0.25) is 4.90 Å². The molecule has 0 spiro atoms. The van der Waals surface area contributed by atoms with E-state index in [1.807, 2.05) is 12.1 Å². The van der Waals surface area contributed by atoms with E-state index in [1.165, 1.54) is 37.9 Å². The highest BCUT2D eigenvalue weighted by Gasteiger charge is 2.07. The molecule has 86 valence electrons. The number of hydrogen-bond donors (Lipinski definition) is 0. The van der Waals surface area contributed by atoms with E-state index in [2.05, 4.69) is 29.2 Å². The van der Waals surface area contributed by atoms with E-state index < -0.39 is 0 Å². The van der Waals surface area contributed by atoms with Crippen molar-refractivity contribution in [2.24, 2.45) is 0 Å². The summed E-state index contributed by atoms with van der Waals surface area (Å²) in [6.07, 6.45) is 8.53. The second-order valence-electron chi connectivity index (χ2n) is 4.32. The summed E-state index contributed by atoms with van der Waals surface area (Å²) in [5, 5.41) is 0.799. The van der Waals surface area contributed by atoms with Gasteiger partial charge in [-0.2, -0.15) is 0 Å². The minimum absolute atomic E-state index is 0.799. The minimum atomic E-state index is 0.799. The molecule has 1 saturated heterocycles. The minimum Gasteiger partial charge on any atom is -0.300 e. The lowest BCUT2D eigenvalue weighted by Gasteiger charge is -2.24. The number of likely N-dealkylation sites (tertiary alicyclic amines) is 1. The third-order valence-corrected chi connectivity index (χ3v) is 3.24. The fourth-order valence-electron chi connectivity index (χ4n) is 2.05. The molecule has 1 aromatic rings. The van der Waals surface area contributed by atoms with Crippen LogP contribution < -0.4 is 0 Å². The summed E-state index contributed by atoms with van der Waals surface area (Å²) in [7, 11) is 0. The Kier molecular flexibility index (Phi) is 4.44. The molecule has 1 nitrogen and oxygen atoms in total. The van der Waals surface area contributed by atoms with Crippen LogP contribution in [0.1, 0.15) is 24.8 Å². The van der Waals surface area contributed by atoms with Crippen molar-refractivity contribution >= 4 is 17.7 Å². The van der Waals surface area contributed by atoms with Crippen LogP contribution in [-0.4, -0.2) is 24.5 Å². The second kappa shape index (κ2) is 6.07. The molecule has 0 radical (unpaired) electrons. The molecule has 2 rings (SSSR count). The van der Waals surface area contributed by atoms with Crippen molar-refractivity contribution in [3.63, 3.8) is 0 Å². The van der Waals surface area contributed by atoms with Crippen LogP contribution in [0.15, 0.2) is 30.3 Å². The molecule has 1 aromatic carbocycles. The van der Waals surface area contributed by atoms with E-state index in [0.29, 0.717) is 0 Å². The first-order valence-electron chi connectivity index (χ1n) is 5.99. The van der Waals surface area contributed by atoms with E-state index in [0.717, 1.165) is 11.6 Å². The van der Waals surface area contributed by atoms with Gasteiger partial charge in [-0.15, -0.1) is 0 Å². The van der Waals surface area contributed by atoms with Crippen molar-refractivity contribution in [1.82, 2.24) is 4.90 Å². The SMILES string of the molecule is Clc1ccc(/C=C/CN2CCCCC2)cc1. The lowest BCUT2D eigenvalue weighted by molar-refractivity contribution is 0.252. The molecule has 0 amide bonds. The third-order valence-electron chi connectivity index (χ3n) is 2.99. The number of halogens is 1. The predicted octanol–water partition coefficient (Wildman–Crippen LogP) is 3.84. The molecule has 1 fully saturated rings. The van der Waals surface area contributed by atoms with Gasteiger partial charge in [0.05, 0.1) is 0 Å². The first-order chi connectivity index (χ1) is 7.84. The van der Waals surface area contributed by atoms with E-state index in [1.54, 1.807) is 0 Å². The van der Waals surface area contributed by atoms with E-state index in [-0.39, 0.29) is 0 Å². The van der Waals surface area contributed by atoms with Crippen LogP contribution in [-0.2, 0) is 0 Å². The van der Waals surface area contributed by atoms with Crippen LogP contribution >= 0.6 is 11.6 Å². The Hall–Kier alpha value is -0.790. The van der Waals surface area contributed by atoms with Crippen LogP contribution in [0.3, 0.4) is 0 Å². The van der Waals surface area contributed by atoms with Gasteiger partial charge in [-0.05, 0) is 43.6 Å². The molecule has 2 heteroatoms. The monoisotopic (exact) mass is 235 g/mol. The summed E-state index contributed by atoms with van der Waals surface area (Å²) in [4.78, 5) is 2.51. The fourth-order valence-corrected chi connectivity index (χ4v) is 2.18. The molecule has 0 atom stereocenters. The molecule has 0 unspecified atom stereocenters. The molecule has 1 aliphatic heterocycles. The van der Waals surface area contributed by atoms with Gasteiger partial charge < -0.3 is 0 Å². The van der Waals surface area contributed by atoms with Gasteiger partial charge in [0.2, 0.25) is 0 Å². The number of nitrogens with zero attached hydrogens (tertiary/aromatic N) is 1. The Bertz CT molecular complexity index is 336. The Morgan fingerprint density at radius 2 is 1.75 bits per heavy atom. The van der Waals surface area contributed by atoms with E-state index in [9.17, 15) is 0 Å². The lowest BCUT2D eigenvalue weighted by Crippen LogP contribution is -2.29. The lowest BCUT2D eigenvalue weighted by atomic mass is 10.1. The normalized spacial score (nSPS) is 18.1. The highest BCUT2D eigenvalue weighted by atomic mass is 35.5. The zero-order chi connectivity index (χ0) is 11.2. The van der Waals surface area contributed by atoms with Crippen LogP contribution in [0.5, 0.6) is 0 Å². The molecule has 0 aliphatic carbocycles. The van der Waals surface area contributed by atoms with E-state index >= 15 is 0 Å². The van der Waals surface area contributed by atoms with Crippen LogP contribution in [0, 0.1) is 0 Å². The summed E-state index contributed by atoms with van der Waals surface area (Å²) < 4.78 is 0. The second-order valence-corrected chi connectivity index (χ2v) is 4.75. The predicted molar refractivity (Wildman–Crippen MR) is 70.8 cm³/mol. The first-order valence-corrected chi connectivity index (χ1v) is 6.37. The summed E-state index contributed by atoms with van der Waals surface area (Å²) in [6.45, 7) is 3.58. The quantitative estimate of drug-likeness (QED) is 0.770. The topological polar surface area (TPSA) is 3.24 Å². The number of piperidine rings is 1. The summed E-state index contributed by atoms with van der Waals surface area (Å²) >= 11 is 5.84. The van der Waals surface area contributed by atoms with Crippen molar-refractivity contribution in [3.05, 3.63) is 40.9 Å². The molecule has 0 N–H and O–H groups in total. The Balaban J connectivity index is 1.82. The zero-order valence-corrected chi connectivity index (χ0v) is 10.3. The summed E-state index contributed by atoms with van der Waals surface area (Å²) in [5.74, 6) is 0. The van der Waals surface area contributed by atoms with Crippen LogP contribution in [0.4, 0.5) is 0 Å². The smallest absolute Gasteiger partial charge is 0.0406 e. The maximum absolute atomic E-state index is 5.84. The highest BCUT2D eigenvalue weighted by molar-refractivity contribution is 6.30. The largest absolute Gasteiger partial charge is 0.300 e. The van der Waals surface area contributed by atoms with Gasteiger partial charge in [-0.25, -0.2) is 0 Å². The molecule has 1 heterocycles. The standard InChI is InChI=1S/C14H18ClN/c15-14-8-6-13(7-9-14)5-4-12-16-10-2-1-3-11-16/h4-9H,1-3,10-12H2/b5-4+. The maximum atomic E-state index is 5.84. The summed E-state index contributed by atoms with van der Waals surface area (Å²) in [5.41, 5.74) is 1.22. The number of rotatable bonds is 3. The highest BCUT2D eigenvalue weighted by Crippen LogP contribution is 2.11. The van der Waals surface area contributed by atoms with Gasteiger partial charge >= 0.3 is 0 Å². The maximum Gasteiger partial charge on any atom is 0.0406 e. The molecule has 0 bridgehead atoms. The van der Waals surface area contributed by atoms with Crippen LogP contribution in [0.2, 0.25) is 5.02 Å². The molecule has 16 heavy (non-hydrogen) atoms. The average molecular weight is 236 g/mol. The number of hydrogen-bond acceptors (Lipinski definition) is 1. The van der Waals surface area contributed by atoms with Crippen LogP contribution in [0.25, 0.3) is 6.08 Å². The Labute approximate surface area is 103 Å². The van der Waals surface area contributed by atoms with Crippen molar-refractivity contribution in [1.29, 1.82) is 0 Å². The van der Waals surface area contributed by atoms with Crippen molar-refractivity contribution in [3.8, 4) is 0 Å². The average Bonchev–Trinajstić information content (AvgIpc) is 2.33. The summed E-state index contributed by atoms with van der Waals surface area (Å²) in [6, 6.07) is 7.97. The third kappa shape index (κ3) is 3.66. The zero-order valence-electron chi connectivity index (χ0n) is 9.53. The number of benzene rings is 1. The Morgan fingerprint density at radius 3 is 2.44 bits per heavy atom. The van der Waals surface area contributed by atoms with Gasteiger partial charge in [0.25, 0.3) is 0 Å². The van der Waals surface area contributed by atoms with Crippen molar-refractivity contribution < 1.29 is 0 Å². The van der Waals surface area contributed by atoms with Gasteiger partial charge in [-0.1, -0.05) is 42.3 Å². The molecular weight excluding hydrogens is 218 g/mol. The van der Waals surface area contributed by atoms with Gasteiger partial charge in [0, 0.05) is 11.6 Å². The van der Waals surface area contributed by atoms with E-state index in [4.69, 9.17) is 11.6 Å². The molecular formula is C14H18ClN. The fraction of sp³-hybridized carbons (Fsp3) is 0.429. The molecule has 0 saturated carbocycles. The molecule has 1 aliphatic rings. The van der Waals surface area contributed by atoms with Crippen molar-refractivity contribution in [2.75, 3.05) is 19.6 Å². The van der Waals surface area contributed by atoms with Crippen molar-refractivity contribution in [2.45, 2.75) is 19.3 Å². The first kappa shape index (κ1) is 11.7. The van der Waals surface area contributed by atoms with Gasteiger partial charge in [0.15, 0.2) is 0 Å². The van der Waals surface area contributed by atoms with Gasteiger partial charge in [0.1, 0.15) is 0 Å². The molecule has 0 aromatic heterocycles.